The van der Waals surface area contributed by atoms with Crippen LogP contribution in [0.3, 0.4) is 0 Å². The first-order valence-corrected chi connectivity index (χ1v) is 12.5. The van der Waals surface area contributed by atoms with Gasteiger partial charge in [0.15, 0.2) is 6.61 Å². The van der Waals surface area contributed by atoms with E-state index in [4.69, 9.17) is 4.74 Å². The highest BCUT2D eigenvalue weighted by Gasteiger charge is 2.35. The van der Waals surface area contributed by atoms with Crippen LogP contribution in [0.15, 0.2) is 29.2 Å². The third-order valence-electron chi connectivity index (χ3n) is 6.21. The lowest BCUT2D eigenvalue weighted by molar-refractivity contribution is -0.121. The number of aryl methyl sites for hydroxylation is 4. The highest BCUT2D eigenvalue weighted by molar-refractivity contribution is 7.89. The van der Waals surface area contributed by atoms with Gasteiger partial charge in [-0.3, -0.25) is 9.59 Å². The Labute approximate surface area is 194 Å². The SMILES string of the molecule is Cc1cc(C)c(NC(=O)C2CCCN(S(=O)(=O)c3cc4c(cc3C)NC(=O)CO4)C2)c(C)c1. The topological polar surface area (TPSA) is 105 Å². The Hall–Kier alpha value is -2.91. The van der Waals surface area contributed by atoms with E-state index in [1.54, 1.807) is 13.0 Å². The number of rotatable bonds is 4. The Morgan fingerprint density at radius 3 is 2.48 bits per heavy atom. The van der Waals surface area contributed by atoms with E-state index in [-0.39, 0.29) is 29.9 Å². The second-order valence-electron chi connectivity index (χ2n) is 8.92. The fourth-order valence-electron chi connectivity index (χ4n) is 4.61. The van der Waals surface area contributed by atoms with Crippen molar-refractivity contribution in [1.29, 1.82) is 0 Å². The van der Waals surface area contributed by atoms with Crippen molar-refractivity contribution in [2.24, 2.45) is 5.92 Å². The predicted octanol–water partition coefficient (Wildman–Crippen LogP) is 3.29. The van der Waals surface area contributed by atoms with Crippen molar-refractivity contribution in [2.45, 2.75) is 45.4 Å². The predicted molar refractivity (Wildman–Crippen MR) is 126 cm³/mol. The largest absolute Gasteiger partial charge is 0.482 e. The lowest BCUT2D eigenvalue weighted by Gasteiger charge is -2.32. The summed E-state index contributed by atoms with van der Waals surface area (Å²) in [5, 5.41) is 5.71. The van der Waals surface area contributed by atoms with Gasteiger partial charge in [0.1, 0.15) is 5.75 Å². The molecule has 0 bridgehead atoms. The Balaban J connectivity index is 1.55. The number of nitrogens with one attached hydrogen (secondary N) is 2. The number of fused-ring (bicyclic) bond motifs is 1. The second kappa shape index (κ2) is 8.79. The molecule has 1 unspecified atom stereocenters. The highest BCUT2D eigenvalue weighted by Crippen LogP contribution is 2.35. The minimum Gasteiger partial charge on any atom is -0.482 e. The molecular formula is C24H29N3O5S. The minimum atomic E-state index is -3.84. The molecule has 176 valence electrons. The summed E-state index contributed by atoms with van der Waals surface area (Å²) in [6.45, 7) is 7.92. The Kier molecular flexibility index (Phi) is 6.20. The van der Waals surface area contributed by atoms with E-state index < -0.39 is 15.9 Å². The van der Waals surface area contributed by atoms with Gasteiger partial charge in [-0.25, -0.2) is 8.42 Å². The summed E-state index contributed by atoms with van der Waals surface area (Å²) < 4.78 is 33.8. The summed E-state index contributed by atoms with van der Waals surface area (Å²) >= 11 is 0. The Morgan fingerprint density at radius 2 is 1.79 bits per heavy atom. The van der Waals surface area contributed by atoms with Crippen molar-refractivity contribution >= 4 is 33.2 Å². The van der Waals surface area contributed by atoms with Crippen LogP contribution < -0.4 is 15.4 Å². The molecule has 8 nitrogen and oxygen atoms in total. The molecule has 2 aliphatic rings. The first-order chi connectivity index (χ1) is 15.6. The van der Waals surface area contributed by atoms with Crippen molar-refractivity contribution in [3.05, 3.63) is 46.5 Å². The molecule has 0 radical (unpaired) electrons. The van der Waals surface area contributed by atoms with E-state index in [9.17, 15) is 18.0 Å². The molecule has 1 fully saturated rings. The van der Waals surface area contributed by atoms with Crippen LogP contribution in [0.25, 0.3) is 0 Å². The number of nitrogens with zero attached hydrogens (tertiary/aromatic N) is 1. The zero-order chi connectivity index (χ0) is 23.9. The van der Waals surface area contributed by atoms with E-state index in [0.29, 0.717) is 36.4 Å². The quantitative estimate of drug-likeness (QED) is 0.712. The van der Waals surface area contributed by atoms with E-state index in [1.165, 1.54) is 10.4 Å². The van der Waals surface area contributed by atoms with Crippen LogP contribution in [0.5, 0.6) is 5.75 Å². The average molecular weight is 472 g/mol. The Morgan fingerprint density at radius 1 is 1.09 bits per heavy atom. The molecule has 4 rings (SSSR count). The third-order valence-corrected chi connectivity index (χ3v) is 8.22. The molecule has 1 saturated heterocycles. The normalized spacial score (nSPS) is 18.8. The number of carbonyl (C=O) groups is 2. The van der Waals surface area contributed by atoms with Crippen LogP contribution in [0, 0.1) is 33.6 Å². The highest BCUT2D eigenvalue weighted by atomic mass is 32.2. The average Bonchev–Trinajstić information content (AvgIpc) is 2.75. The molecular weight excluding hydrogens is 442 g/mol. The monoisotopic (exact) mass is 471 g/mol. The summed E-state index contributed by atoms with van der Waals surface area (Å²) in [5.41, 5.74) is 4.85. The zero-order valence-corrected chi connectivity index (χ0v) is 20.1. The van der Waals surface area contributed by atoms with Gasteiger partial charge in [0.05, 0.1) is 16.5 Å². The van der Waals surface area contributed by atoms with Crippen LogP contribution >= 0.6 is 0 Å². The van der Waals surface area contributed by atoms with Gasteiger partial charge in [0.25, 0.3) is 5.91 Å². The lowest BCUT2D eigenvalue weighted by atomic mass is 9.98. The van der Waals surface area contributed by atoms with E-state index in [1.807, 2.05) is 32.9 Å². The van der Waals surface area contributed by atoms with Crippen LogP contribution in [-0.2, 0) is 19.6 Å². The number of amides is 2. The third kappa shape index (κ3) is 4.60. The molecule has 1 atom stereocenters. The summed E-state index contributed by atoms with van der Waals surface area (Å²) in [6, 6.07) is 7.10. The van der Waals surface area contributed by atoms with Gasteiger partial charge in [-0.05, 0) is 63.3 Å². The van der Waals surface area contributed by atoms with Crippen LogP contribution in [0.1, 0.15) is 35.1 Å². The number of sulfonamides is 1. The van der Waals surface area contributed by atoms with Gasteiger partial charge in [-0.1, -0.05) is 17.7 Å². The molecule has 2 heterocycles. The van der Waals surface area contributed by atoms with Gasteiger partial charge in [0.2, 0.25) is 15.9 Å². The standard InChI is InChI=1S/C24H29N3O5S/c1-14-8-16(3)23(17(4)9-14)26-24(29)18-6-5-7-27(12-18)33(30,31)21-11-20-19(10-15(21)2)25-22(28)13-32-20/h8-11,18H,5-7,12-13H2,1-4H3,(H,25,28)(H,26,29). The maximum absolute atomic E-state index is 13.5. The van der Waals surface area contributed by atoms with Gasteiger partial charge >= 0.3 is 0 Å². The van der Waals surface area contributed by atoms with E-state index >= 15 is 0 Å². The number of hydrogen-bond acceptors (Lipinski definition) is 5. The van der Waals surface area contributed by atoms with Crippen molar-refractivity contribution in [1.82, 2.24) is 4.31 Å². The minimum absolute atomic E-state index is 0.117. The number of piperidine rings is 1. The van der Waals surface area contributed by atoms with Crippen LogP contribution in [0.4, 0.5) is 11.4 Å². The van der Waals surface area contributed by atoms with Gasteiger partial charge in [-0.15, -0.1) is 0 Å². The molecule has 2 aliphatic heterocycles. The molecule has 2 aromatic rings. The van der Waals surface area contributed by atoms with Crippen molar-refractivity contribution in [3.63, 3.8) is 0 Å². The van der Waals surface area contributed by atoms with E-state index in [2.05, 4.69) is 10.6 Å². The molecule has 0 aliphatic carbocycles. The summed E-state index contributed by atoms with van der Waals surface area (Å²) in [7, 11) is -3.84. The first kappa shape index (κ1) is 23.3. The van der Waals surface area contributed by atoms with Gasteiger partial charge in [0, 0.05) is 24.8 Å². The molecule has 2 amide bonds. The molecule has 0 spiro atoms. The summed E-state index contributed by atoms with van der Waals surface area (Å²) in [4.78, 5) is 24.7. The number of hydrogen-bond donors (Lipinski definition) is 2. The summed E-state index contributed by atoms with van der Waals surface area (Å²) in [5.74, 6) is -0.558. The van der Waals surface area contributed by atoms with Gasteiger partial charge < -0.3 is 15.4 Å². The number of anilines is 2. The molecule has 9 heteroatoms. The molecule has 0 saturated carbocycles. The van der Waals surface area contributed by atoms with Crippen molar-refractivity contribution in [3.8, 4) is 5.75 Å². The smallest absolute Gasteiger partial charge is 0.262 e. The van der Waals surface area contributed by atoms with Crippen LogP contribution in [-0.4, -0.2) is 44.2 Å². The number of carbonyl (C=O) groups excluding carboxylic acids is 2. The fraction of sp³-hybridized carbons (Fsp3) is 0.417. The number of ether oxygens (including phenoxy) is 1. The zero-order valence-electron chi connectivity index (χ0n) is 19.3. The maximum Gasteiger partial charge on any atom is 0.262 e. The van der Waals surface area contributed by atoms with E-state index in [0.717, 1.165) is 22.4 Å². The van der Waals surface area contributed by atoms with Crippen LogP contribution in [0.2, 0.25) is 0 Å². The molecule has 2 N–H and O–H groups in total. The fourth-order valence-corrected chi connectivity index (χ4v) is 6.36. The summed E-state index contributed by atoms with van der Waals surface area (Å²) in [6.07, 6.45) is 1.22. The van der Waals surface area contributed by atoms with Crippen molar-refractivity contribution in [2.75, 3.05) is 30.3 Å². The molecule has 2 aromatic carbocycles. The first-order valence-electron chi connectivity index (χ1n) is 11.0. The molecule has 0 aromatic heterocycles. The second-order valence-corrected chi connectivity index (χ2v) is 10.8. The number of benzene rings is 2. The van der Waals surface area contributed by atoms with Gasteiger partial charge in [-0.2, -0.15) is 4.31 Å². The lowest BCUT2D eigenvalue weighted by Crippen LogP contribution is -2.44. The van der Waals surface area contributed by atoms with Crippen molar-refractivity contribution < 1.29 is 22.7 Å². The molecule has 33 heavy (non-hydrogen) atoms. The maximum atomic E-state index is 13.5. The Bertz CT molecular complexity index is 1220.